The molecular formula is C10H14N2. The lowest BCUT2D eigenvalue weighted by Crippen LogP contribution is -2.17. The van der Waals surface area contributed by atoms with Crippen molar-refractivity contribution in [1.82, 2.24) is 9.88 Å². The second-order valence-corrected chi connectivity index (χ2v) is 3.42. The van der Waals surface area contributed by atoms with Gasteiger partial charge in [0.2, 0.25) is 0 Å². The van der Waals surface area contributed by atoms with E-state index in [1.54, 1.807) is 0 Å². The summed E-state index contributed by atoms with van der Waals surface area (Å²) >= 11 is 0. The van der Waals surface area contributed by atoms with Crippen LogP contribution in [0.15, 0.2) is 24.5 Å². The number of likely N-dealkylation sites (tertiary alicyclic amines) is 1. The van der Waals surface area contributed by atoms with Gasteiger partial charge in [-0.05, 0) is 38.1 Å². The maximum atomic E-state index is 4.14. The minimum Gasteiger partial charge on any atom is -0.299 e. The molecule has 0 spiro atoms. The van der Waals surface area contributed by atoms with Gasteiger partial charge < -0.3 is 0 Å². The summed E-state index contributed by atoms with van der Waals surface area (Å²) < 4.78 is 0. The summed E-state index contributed by atoms with van der Waals surface area (Å²) in [5.74, 6) is 0. The molecule has 0 amide bonds. The molecule has 0 saturated carbocycles. The summed E-state index contributed by atoms with van der Waals surface area (Å²) in [6, 6.07) is 4.79. The van der Waals surface area contributed by atoms with E-state index < -0.39 is 0 Å². The van der Waals surface area contributed by atoms with E-state index in [-0.39, 0.29) is 0 Å². The van der Waals surface area contributed by atoms with Crippen LogP contribution in [0.4, 0.5) is 0 Å². The molecule has 12 heavy (non-hydrogen) atoms. The average Bonchev–Trinajstić information content (AvgIpc) is 2.53. The Kier molecular flexibility index (Phi) is 2.09. The number of aromatic nitrogens is 1. The van der Waals surface area contributed by atoms with Crippen LogP contribution in [0, 0.1) is 0 Å². The van der Waals surface area contributed by atoms with Crippen LogP contribution in [0.1, 0.15) is 24.4 Å². The molecule has 0 N–H and O–H groups in total. The molecule has 1 atom stereocenters. The third kappa shape index (κ3) is 1.34. The van der Waals surface area contributed by atoms with Gasteiger partial charge in [-0.25, -0.2) is 0 Å². The largest absolute Gasteiger partial charge is 0.299 e. The minimum absolute atomic E-state index is 0.610. The number of pyridine rings is 1. The van der Waals surface area contributed by atoms with Gasteiger partial charge in [-0.3, -0.25) is 9.88 Å². The zero-order valence-electron chi connectivity index (χ0n) is 7.40. The molecule has 64 valence electrons. The van der Waals surface area contributed by atoms with Gasteiger partial charge in [0, 0.05) is 18.4 Å². The first-order valence-electron chi connectivity index (χ1n) is 4.48. The van der Waals surface area contributed by atoms with Crippen molar-refractivity contribution in [3.63, 3.8) is 0 Å². The first-order chi connectivity index (χ1) is 5.88. The van der Waals surface area contributed by atoms with E-state index in [2.05, 4.69) is 23.0 Å². The molecule has 1 saturated heterocycles. The lowest BCUT2D eigenvalue weighted by molar-refractivity contribution is 0.317. The predicted octanol–water partition coefficient (Wildman–Crippen LogP) is 1.85. The van der Waals surface area contributed by atoms with Crippen molar-refractivity contribution in [2.45, 2.75) is 18.9 Å². The number of hydrogen-bond acceptors (Lipinski definition) is 2. The standard InChI is InChI=1S/C10H14N2/c1-12-7-3-5-10(12)9-4-2-6-11-8-9/h2,4,6,8,10H,3,5,7H2,1H3/i1-1. The van der Waals surface area contributed by atoms with Gasteiger partial charge in [-0.2, -0.15) is 0 Å². The van der Waals surface area contributed by atoms with Crippen LogP contribution in [0.25, 0.3) is 0 Å². The third-order valence-electron chi connectivity index (χ3n) is 2.59. The second kappa shape index (κ2) is 3.23. The van der Waals surface area contributed by atoms with E-state index in [1.165, 1.54) is 24.9 Å². The van der Waals surface area contributed by atoms with Crippen molar-refractivity contribution in [2.75, 3.05) is 13.6 Å². The maximum absolute atomic E-state index is 4.14. The summed E-state index contributed by atoms with van der Waals surface area (Å²) in [6.07, 6.45) is 6.41. The summed E-state index contributed by atoms with van der Waals surface area (Å²) in [5.41, 5.74) is 1.36. The summed E-state index contributed by atoms with van der Waals surface area (Å²) in [6.45, 7) is 1.22. The van der Waals surface area contributed by atoms with Gasteiger partial charge in [0.05, 0.1) is 0 Å². The number of nitrogens with zero attached hydrogens (tertiary/aromatic N) is 2. The van der Waals surface area contributed by atoms with Crippen LogP contribution in [-0.2, 0) is 0 Å². The minimum atomic E-state index is 0.610. The van der Waals surface area contributed by atoms with E-state index in [0.717, 1.165) is 0 Å². The molecule has 1 aromatic heterocycles. The van der Waals surface area contributed by atoms with Gasteiger partial charge >= 0.3 is 0 Å². The van der Waals surface area contributed by atoms with Crippen LogP contribution in [0.3, 0.4) is 0 Å². The van der Waals surface area contributed by atoms with Crippen molar-refractivity contribution >= 4 is 0 Å². The smallest absolute Gasteiger partial charge is 0.0360 e. The van der Waals surface area contributed by atoms with Crippen molar-refractivity contribution in [2.24, 2.45) is 0 Å². The molecule has 2 nitrogen and oxygen atoms in total. The fourth-order valence-corrected chi connectivity index (χ4v) is 1.90. The van der Waals surface area contributed by atoms with Gasteiger partial charge in [0.1, 0.15) is 0 Å². The molecule has 2 rings (SSSR count). The molecule has 1 unspecified atom stereocenters. The van der Waals surface area contributed by atoms with Crippen molar-refractivity contribution in [3.05, 3.63) is 30.1 Å². The van der Waals surface area contributed by atoms with E-state index in [4.69, 9.17) is 0 Å². The molecule has 0 bridgehead atoms. The highest BCUT2D eigenvalue weighted by Crippen LogP contribution is 2.29. The molecule has 1 aromatic rings. The molecule has 2 heteroatoms. The summed E-state index contributed by atoms with van der Waals surface area (Å²) in [7, 11) is 2.19. The van der Waals surface area contributed by atoms with Gasteiger partial charge in [-0.15, -0.1) is 0 Å². The Morgan fingerprint density at radius 1 is 1.58 bits per heavy atom. The van der Waals surface area contributed by atoms with E-state index in [0.29, 0.717) is 6.04 Å². The van der Waals surface area contributed by atoms with Crippen LogP contribution >= 0.6 is 0 Å². The predicted molar refractivity (Wildman–Crippen MR) is 48.8 cm³/mol. The van der Waals surface area contributed by atoms with Gasteiger partial charge in [-0.1, -0.05) is 6.07 Å². The van der Waals surface area contributed by atoms with Crippen LogP contribution in [0.5, 0.6) is 0 Å². The zero-order chi connectivity index (χ0) is 8.39. The molecule has 1 aliphatic heterocycles. The quantitative estimate of drug-likeness (QED) is 0.625. The number of rotatable bonds is 1. The van der Waals surface area contributed by atoms with Crippen LogP contribution < -0.4 is 0 Å². The molecule has 2 heterocycles. The Morgan fingerprint density at radius 3 is 3.08 bits per heavy atom. The fourth-order valence-electron chi connectivity index (χ4n) is 1.90. The molecular weight excluding hydrogens is 147 g/mol. The van der Waals surface area contributed by atoms with Crippen molar-refractivity contribution in [1.29, 1.82) is 0 Å². The zero-order valence-corrected chi connectivity index (χ0v) is 7.40. The topological polar surface area (TPSA) is 16.1 Å². The van der Waals surface area contributed by atoms with E-state index in [9.17, 15) is 0 Å². The fraction of sp³-hybridized carbons (Fsp3) is 0.500. The monoisotopic (exact) mass is 161 g/mol. The number of hydrogen-bond donors (Lipinski definition) is 0. The lowest BCUT2D eigenvalue weighted by Gasteiger charge is -2.18. The SMILES string of the molecule is [11CH3]N1CCCC1c1cccnc1. The Morgan fingerprint density at radius 2 is 2.50 bits per heavy atom. The molecule has 1 fully saturated rings. The van der Waals surface area contributed by atoms with E-state index in [1.807, 2.05) is 18.5 Å². The van der Waals surface area contributed by atoms with Crippen LogP contribution in [0.2, 0.25) is 0 Å². The van der Waals surface area contributed by atoms with Crippen molar-refractivity contribution < 1.29 is 0 Å². The van der Waals surface area contributed by atoms with Crippen molar-refractivity contribution in [3.8, 4) is 0 Å². The molecule has 0 aliphatic carbocycles. The second-order valence-electron chi connectivity index (χ2n) is 3.42. The molecule has 1 aliphatic rings. The van der Waals surface area contributed by atoms with E-state index >= 15 is 0 Å². The highest BCUT2D eigenvalue weighted by Gasteiger charge is 2.21. The Labute approximate surface area is 73.2 Å². The average molecular weight is 161 g/mol. The first-order valence-corrected chi connectivity index (χ1v) is 4.48. The van der Waals surface area contributed by atoms with Gasteiger partial charge in [0.25, 0.3) is 0 Å². The highest BCUT2D eigenvalue weighted by molar-refractivity contribution is 5.14. The Hall–Kier alpha value is -0.890. The normalized spacial score (nSPS) is 24.6. The molecule has 0 radical (unpaired) electrons. The third-order valence-corrected chi connectivity index (χ3v) is 2.59. The maximum Gasteiger partial charge on any atom is 0.0360 e. The summed E-state index contributed by atoms with van der Waals surface area (Å²) in [5, 5.41) is 0. The van der Waals surface area contributed by atoms with Crippen LogP contribution in [-0.4, -0.2) is 23.5 Å². The molecule has 0 aromatic carbocycles. The highest BCUT2D eigenvalue weighted by atomic mass is 15.1. The Bertz CT molecular complexity index is 245. The first kappa shape index (κ1) is 7.74. The Balaban J connectivity index is 2.19. The van der Waals surface area contributed by atoms with Gasteiger partial charge in [0.15, 0.2) is 0 Å². The summed E-state index contributed by atoms with van der Waals surface area (Å²) in [4.78, 5) is 6.54. The lowest BCUT2D eigenvalue weighted by atomic mass is 10.1.